The fraction of sp³-hybridized carbons (Fsp3) is 0.300. The van der Waals surface area contributed by atoms with Crippen molar-refractivity contribution in [2.24, 2.45) is 0 Å². The van der Waals surface area contributed by atoms with Crippen LogP contribution in [0.2, 0.25) is 0 Å². The van der Waals surface area contributed by atoms with Crippen molar-refractivity contribution in [3.8, 4) is 11.8 Å². The maximum absolute atomic E-state index is 12.4. The van der Waals surface area contributed by atoms with Crippen LogP contribution in [0.4, 0.5) is 5.69 Å². The zero-order valence-electron chi connectivity index (χ0n) is 14.5. The summed E-state index contributed by atoms with van der Waals surface area (Å²) in [4.78, 5) is 12.4. The molecule has 0 aromatic heterocycles. The van der Waals surface area contributed by atoms with E-state index in [1.807, 2.05) is 6.07 Å². The Morgan fingerprint density at radius 2 is 1.96 bits per heavy atom. The minimum atomic E-state index is -0.740. The third kappa shape index (κ3) is 4.98. The number of carbonyl (C=O) groups excluding carboxylic acids is 1. The molecule has 0 bridgehead atoms. The number of rotatable bonds is 7. The van der Waals surface area contributed by atoms with Crippen LogP contribution in [0.3, 0.4) is 0 Å². The Morgan fingerprint density at radius 1 is 1.24 bits per heavy atom. The molecule has 25 heavy (non-hydrogen) atoms. The van der Waals surface area contributed by atoms with Crippen molar-refractivity contribution >= 4 is 11.7 Å². The minimum Gasteiger partial charge on any atom is -0.508 e. The van der Waals surface area contributed by atoms with Gasteiger partial charge in [0, 0.05) is 5.69 Å². The first-order valence-corrected chi connectivity index (χ1v) is 8.33. The average Bonchev–Trinajstić information content (AvgIpc) is 2.60. The number of nitriles is 1. The van der Waals surface area contributed by atoms with Crippen LogP contribution in [0.15, 0.2) is 42.5 Å². The van der Waals surface area contributed by atoms with Gasteiger partial charge >= 0.3 is 5.97 Å². The molecule has 0 fully saturated rings. The molecular weight excluding hydrogens is 316 g/mol. The Kier molecular flexibility index (Phi) is 6.41. The van der Waals surface area contributed by atoms with Gasteiger partial charge in [-0.25, -0.2) is 4.79 Å². The van der Waals surface area contributed by atoms with Crippen LogP contribution in [0.5, 0.6) is 5.75 Å². The maximum atomic E-state index is 12.4. The van der Waals surface area contributed by atoms with E-state index >= 15 is 0 Å². The lowest BCUT2D eigenvalue weighted by molar-refractivity contribution is -0.144. The molecule has 2 aromatic carbocycles. The third-order valence-corrected chi connectivity index (χ3v) is 3.72. The molecule has 0 aliphatic rings. The van der Waals surface area contributed by atoms with Crippen molar-refractivity contribution < 1.29 is 14.6 Å². The SMILES string of the molecule is CCCc1cc(O)cc(C(Nc2ccc(C#N)cc2)C(=O)OCC)c1. The molecule has 2 aromatic rings. The number of aryl methyl sites for hydroxylation is 1. The van der Waals surface area contributed by atoms with Gasteiger partial charge in [0.1, 0.15) is 5.75 Å². The predicted molar refractivity (Wildman–Crippen MR) is 96.3 cm³/mol. The zero-order valence-corrected chi connectivity index (χ0v) is 14.5. The number of nitrogens with zero attached hydrogens (tertiary/aromatic N) is 1. The quantitative estimate of drug-likeness (QED) is 0.747. The Morgan fingerprint density at radius 3 is 2.56 bits per heavy atom. The Hall–Kier alpha value is -3.00. The van der Waals surface area contributed by atoms with E-state index in [0.717, 1.165) is 18.4 Å². The number of ether oxygens (including phenoxy) is 1. The first-order valence-electron chi connectivity index (χ1n) is 8.33. The Bertz CT molecular complexity index is 764. The molecule has 5 nitrogen and oxygen atoms in total. The summed E-state index contributed by atoms with van der Waals surface area (Å²) >= 11 is 0. The van der Waals surface area contributed by atoms with Crippen LogP contribution >= 0.6 is 0 Å². The maximum Gasteiger partial charge on any atom is 0.333 e. The summed E-state index contributed by atoms with van der Waals surface area (Å²) in [7, 11) is 0. The van der Waals surface area contributed by atoms with E-state index in [2.05, 4.69) is 18.3 Å². The summed E-state index contributed by atoms with van der Waals surface area (Å²) in [6, 6.07) is 13.3. The summed E-state index contributed by atoms with van der Waals surface area (Å²) in [5, 5.41) is 22.0. The Balaban J connectivity index is 2.35. The number of anilines is 1. The fourth-order valence-corrected chi connectivity index (χ4v) is 2.61. The number of phenolic OH excluding ortho intramolecular Hbond substituents is 1. The van der Waals surface area contributed by atoms with Crippen molar-refractivity contribution in [1.29, 1.82) is 5.26 Å². The monoisotopic (exact) mass is 338 g/mol. The molecule has 0 saturated carbocycles. The molecule has 1 unspecified atom stereocenters. The largest absolute Gasteiger partial charge is 0.508 e. The average molecular weight is 338 g/mol. The van der Waals surface area contributed by atoms with Gasteiger partial charge in [0.05, 0.1) is 18.2 Å². The van der Waals surface area contributed by atoms with Crippen molar-refractivity contribution in [3.63, 3.8) is 0 Å². The molecule has 0 aliphatic carbocycles. The predicted octanol–water partition coefficient (Wildman–Crippen LogP) is 3.93. The van der Waals surface area contributed by atoms with Gasteiger partial charge in [-0.05, 0) is 60.9 Å². The normalized spacial score (nSPS) is 11.4. The number of aromatic hydroxyl groups is 1. The highest BCUT2D eigenvalue weighted by molar-refractivity contribution is 5.81. The second-order valence-electron chi connectivity index (χ2n) is 5.70. The van der Waals surface area contributed by atoms with E-state index < -0.39 is 12.0 Å². The van der Waals surface area contributed by atoms with Gasteiger partial charge in [0.2, 0.25) is 0 Å². The number of hydrogen-bond donors (Lipinski definition) is 2. The van der Waals surface area contributed by atoms with Gasteiger partial charge in [-0.1, -0.05) is 19.4 Å². The Labute approximate surface area is 147 Å². The lowest BCUT2D eigenvalue weighted by Gasteiger charge is -2.20. The number of nitrogens with one attached hydrogen (secondary N) is 1. The van der Waals surface area contributed by atoms with E-state index in [1.165, 1.54) is 0 Å². The second kappa shape index (κ2) is 8.74. The number of phenols is 1. The van der Waals surface area contributed by atoms with E-state index in [1.54, 1.807) is 43.3 Å². The first-order chi connectivity index (χ1) is 12.1. The van der Waals surface area contributed by atoms with E-state index in [9.17, 15) is 9.90 Å². The first kappa shape index (κ1) is 18.3. The lowest BCUT2D eigenvalue weighted by atomic mass is 10.0. The van der Waals surface area contributed by atoms with E-state index in [0.29, 0.717) is 16.8 Å². The minimum absolute atomic E-state index is 0.122. The van der Waals surface area contributed by atoms with Crippen LogP contribution < -0.4 is 5.32 Å². The van der Waals surface area contributed by atoms with Gasteiger partial charge in [-0.3, -0.25) is 0 Å². The molecule has 0 aliphatic heterocycles. The summed E-state index contributed by atoms with van der Waals surface area (Å²) < 4.78 is 5.18. The van der Waals surface area contributed by atoms with Crippen LogP contribution in [0.25, 0.3) is 0 Å². The lowest BCUT2D eigenvalue weighted by Crippen LogP contribution is -2.23. The van der Waals surface area contributed by atoms with Gasteiger partial charge in [-0.15, -0.1) is 0 Å². The fourth-order valence-electron chi connectivity index (χ4n) is 2.61. The van der Waals surface area contributed by atoms with Crippen molar-refractivity contribution in [3.05, 3.63) is 59.2 Å². The van der Waals surface area contributed by atoms with Crippen LogP contribution in [-0.4, -0.2) is 17.7 Å². The second-order valence-corrected chi connectivity index (χ2v) is 5.70. The van der Waals surface area contributed by atoms with Crippen LogP contribution in [-0.2, 0) is 16.0 Å². The van der Waals surface area contributed by atoms with Crippen molar-refractivity contribution in [1.82, 2.24) is 0 Å². The molecule has 0 amide bonds. The highest BCUT2D eigenvalue weighted by Gasteiger charge is 2.23. The van der Waals surface area contributed by atoms with Crippen molar-refractivity contribution in [2.75, 3.05) is 11.9 Å². The number of carbonyl (C=O) groups is 1. The number of esters is 1. The third-order valence-electron chi connectivity index (χ3n) is 3.72. The van der Waals surface area contributed by atoms with Crippen molar-refractivity contribution in [2.45, 2.75) is 32.7 Å². The van der Waals surface area contributed by atoms with Crippen LogP contribution in [0.1, 0.15) is 43.0 Å². The molecule has 0 spiro atoms. The van der Waals surface area contributed by atoms with Gasteiger partial charge in [0.15, 0.2) is 6.04 Å². The van der Waals surface area contributed by atoms with E-state index in [-0.39, 0.29) is 12.4 Å². The molecule has 0 radical (unpaired) electrons. The number of hydrogen-bond acceptors (Lipinski definition) is 5. The molecule has 5 heteroatoms. The van der Waals surface area contributed by atoms with Gasteiger partial charge in [-0.2, -0.15) is 5.26 Å². The molecule has 1 atom stereocenters. The number of benzene rings is 2. The smallest absolute Gasteiger partial charge is 0.333 e. The molecule has 2 rings (SSSR count). The highest BCUT2D eigenvalue weighted by Crippen LogP contribution is 2.26. The van der Waals surface area contributed by atoms with Crippen LogP contribution in [0, 0.1) is 11.3 Å². The molecule has 0 saturated heterocycles. The molecule has 2 N–H and O–H groups in total. The van der Waals surface area contributed by atoms with Gasteiger partial charge in [0.25, 0.3) is 0 Å². The molecule has 130 valence electrons. The molecular formula is C20H22N2O3. The molecule has 0 heterocycles. The van der Waals surface area contributed by atoms with E-state index in [4.69, 9.17) is 10.00 Å². The standard InChI is InChI=1S/C20H22N2O3/c1-3-5-15-10-16(12-18(23)11-15)19(20(24)25-4-2)22-17-8-6-14(13-21)7-9-17/h6-12,19,22-23H,3-5H2,1-2H3. The zero-order chi connectivity index (χ0) is 18.2. The highest BCUT2D eigenvalue weighted by atomic mass is 16.5. The summed E-state index contributed by atoms with van der Waals surface area (Å²) in [6.07, 6.45) is 1.75. The summed E-state index contributed by atoms with van der Waals surface area (Å²) in [6.45, 7) is 4.08. The summed E-state index contributed by atoms with van der Waals surface area (Å²) in [5.41, 5.74) is 2.85. The summed E-state index contributed by atoms with van der Waals surface area (Å²) in [5.74, 6) is -0.295. The topological polar surface area (TPSA) is 82.4 Å². The van der Waals surface area contributed by atoms with Gasteiger partial charge < -0.3 is 15.2 Å².